The van der Waals surface area contributed by atoms with Crippen molar-refractivity contribution in [3.05, 3.63) is 24.6 Å². The number of aliphatic hydroxyl groups is 1. The molecule has 0 aliphatic carbocycles. The van der Waals surface area contributed by atoms with E-state index in [0.29, 0.717) is 0 Å². The zero-order chi connectivity index (χ0) is 10.7. The fourth-order valence-corrected chi connectivity index (χ4v) is 0.999. The molecule has 0 aromatic rings. The number of alkyl halides is 1. The molecule has 0 radical (unpaired) electrons. The molecule has 0 aromatic heterocycles. The Balaban J connectivity index is 2.47. The molecule has 1 unspecified atom stereocenters. The van der Waals surface area contributed by atoms with Gasteiger partial charge in [-0.1, -0.05) is 6.58 Å². The highest BCUT2D eigenvalue weighted by molar-refractivity contribution is 5.85. The van der Waals surface area contributed by atoms with Crippen LogP contribution in [-0.2, 0) is 9.53 Å². The van der Waals surface area contributed by atoms with Crippen LogP contribution in [0.25, 0.3) is 0 Å². The number of aliphatic hydroxyl groups excluding tert-OH is 1. The standard InChI is InChI=1S/C8H11FN2O3/c1-4-6(9)7(13)8(14-4)11-3-2-5(10)12/h2-3,6-8,11,13H,1H2,(H2,10,12)/b3-2-/t6-,7?,8-/m1/s1. The summed E-state index contributed by atoms with van der Waals surface area (Å²) in [6.45, 7) is 3.27. The Morgan fingerprint density at radius 1 is 1.79 bits per heavy atom. The number of hydrogen-bond donors (Lipinski definition) is 3. The van der Waals surface area contributed by atoms with Crippen molar-refractivity contribution in [1.82, 2.24) is 5.32 Å². The third-order valence-electron chi connectivity index (χ3n) is 1.70. The highest BCUT2D eigenvalue weighted by atomic mass is 19.1. The van der Waals surface area contributed by atoms with Crippen LogP contribution in [0.5, 0.6) is 0 Å². The second kappa shape index (κ2) is 4.10. The molecule has 1 fully saturated rings. The monoisotopic (exact) mass is 202 g/mol. The van der Waals surface area contributed by atoms with Crippen molar-refractivity contribution in [3.63, 3.8) is 0 Å². The second-order valence-electron chi connectivity index (χ2n) is 2.80. The van der Waals surface area contributed by atoms with E-state index < -0.39 is 24.4 Å². The molecule has 0 aromatic carbocycles. The van der Waals surface area contributed by atoms with Crippen LogP contribution >= 0.6 is 0 Å². The predicted molar refractivity (Wildman–Crippen MR) is 46.4 cm³/mol. The van der Waals surface area contributed by atoms with Gasteiger partial charge in [0, 0.05) is 12.3 Å². The molecular weight excluding hydrogens is 191 g/mol. The molecule has 78 valence electrons. The van der Waals surface area contributed by atoms with E-state index in [2.05, 4.69) is 11.9 Å². The normalized spacial score (nSPS) is 31.9. The van der Waals surface area contributed by atoms with Gasteiger partial charge < -0.3 is 20.9 Å². The van der Waals surface area contributed by atoms with Gasteiger partial charge >= 0.3 is 0 Å². The molecule has 0 bridgehead atoms. The van der Waals surface area contributed by atoms with Crippen molar-refractivity contribution < 1.29 is 19.0 Å². The summed E-state index contributed by atoms with van der Waals surface area (Å²) in [5.41, 5.74) is 4.81. The van der Waals surface area contributed by atoms with Crippen LogP contribution in [0.15, 0.2) is 24.6 Å². The van der Waals surface area contributed by atoms with Crippen molar-refractivity contribution in [2.24, 2.45) is 5.73 Å². The minimum absolute atomic E-state index is 0.137. The zero-order valence-electron chi connectivity index (χ0n) is 7.31. The molecule has 1 heterocycles. The average Bonchev–Trinajstić information content (AvgIpc) is 2.33. The first-order chi connectivity index (χ1) is 6.52. The fraction of sp³-hybridized carbons (Fsp3) is 0.375. The molecule has 14 heavy (non-hydrogen) atoms. The van der Waals surface area contributed by atoms with Crippen molar-refractivity contribution >= 4 is 5.91 Å². The summed E-state index contributed by atoms with van der Waals surface area (Å²) in [4.78, 5) is 10.3. The molecular formula is C8H11FN2O3. The third kappa shape index (κ3) is 2.23. The molecule has 4 N–H and O–H groups in total. The van der Waals surface area contributed by atoms with Gasteiger partial charge in [-0.25, -0.2) is 4.39 Å². The van der Waals surface area contributed by atoms with E-state index in [1.807, 2.05) is 0 Å². The van der Waals surface area contributed by atoms with Crippen molar-refractivity contribution in [1.29, 1.82) is 0 Å². The molecule has 0 saturated carbocycles. The summed E-state index contributed by atoms with van der Waals surface area (Å²) in [5.74, 6) is -0.789. The first-order valence-electron chi connectivity index (χ1n) is 3.92. The lowest BCUT2D eigenvalue weighted by molar-refractivity contribution is -0.113. The van der Waals surface area contributed by atoms with Crippen LogP contribution < -0.4 is 11.1 Å². The zero-order valence-corrected chi connectivity index (χ0v) is 7.31. The average molecular weight is 202 g/mol. The SMILES string of the molecule is C=C1O[C@@H](N/C=C\C(N)=O)C(O)[C@@H]1F. The summed E-state index contributed by atoms with van der Waals surface area (Å²) in [6, 6.07) is 0. The maximum absolute atomic E-state index is 12.9. The third-order valence-corrected chi connectivity index (χ3v) is 1.70. The van der Waals surface area contributed by atoms with Gasteiger partial charge in [0.25, 0.3) is 0 Å². The summed E-state index contributed by atoms with van der Waals surface area (Å²) >= 11 is 0. The van der Waals surface area contributed by atoms with Gasteiger partial charge in [-0.15, -0.1) is 0 Å². The van der Waals surface area contributed by atoms with Gasteiger partial charge in [-0.05, 0) is 0 Å². The van der Waals surface area contributed by atoms with Crippen LogP contribution in [0.2, 0.25) is 0 Å². The van der Waals surface area contributed by atoms with Crippen LogP contribution in [0.3, 0.4) is 0 Å². The fourth-order valence-electron chi connectivity index (χ4n) is 0.999. The first-order valence-corrected chi connectivity index (χ1v) is 3.92. The van der Waals surface area contributed by atoms with Crippen molar-refractivity contribution in [2.75, 3.05) is 0 Å². The highest BCUT2D eigenvalue weighted by Crippen LogP contribution is 2.23. The molecule has 1 aliphatic heterocycles. The van der Waals surface area contributed by atoms with Gasteiger partial charge in [0.15, 0.2) is 12.4 Å². The van der Waals surface area contributed by atoms with Gasteiger partial charge in [-0.2, -0.15) is 0 Å². The van der Waals surface area contributed by atoms with Crippen LogP contribution in [0.1, 0.15) is 0 Å². The molecule has 1 aliphatic rings. The Morgan fingerprint density at radius 3 is 2.86 bits per heavy atom. The van der Waals surface area contributed by atoms with E-state index in [1.54, 1.807) is 0 Å². The van der Waals surface area contributed by atoms with E-state index in [9.17, 15) is 14.3 Å². The number of amides is 1. The molecule has 1 amide bonds. The number of carbonyl (C=O) groups is 1. The molecule has 1 saturated heterocycles. The lowest BCUT2D eigenvalue weighted by Gasteiger charge is -2.13. The van der Waals surface area contributed by atoms with Crippen LogP contribution in [-0.4, -0.2) is 29.5 Å². The van der Waals surface area contributed by atoms with Gasteiger partial charge in [0.1, 0.15) is 11.9 Å². The Labute approximate surface area is 80.0 Å². The molecule has 3 atom stereocenters. The van der Waals surface area contributed by atoms with Gasteiger partial charge in [0.2, 0.25) is 5.91 Å². The lowest BCUT2D eigenvalue weighted by atomic mass is 10.2. The number of ether oxygens (including phenoxy) is 1. The summed E-state index contributed by atoms with van der Waals surface area (Å²) in [7, 11) is 0. The van der Waals surface area contributed by atoms with Crippen molar-refractivity contribution in [2.45, 2.75) is 18.5 Å². The minimum Gasteiger partial charge on any atom is -0.470 e. The minimum atomic E-state index is -1.62. The van der Waals surface area contributed by atoms with Crippen molar-refractivity contribution in [3.8, 4) is 0 Å². The highest BCUT2D eigenvalue weighted by Gasteiger charge is 2.39. The number of nitrogens with one attached hydrogen (secondary N) is 1. The number of rotatable bonds is 3. The Bertz CT molecular complexity index is 280. The Hall–Kier alpha value is -1.56. The number of carbonyl (C=O) groups excluding carboxylic acids is 1. The van der Waals surface area contributed by atoms with E-state index in [4.69, 9.17) is 10.5 Å². The van der Waals surface area contributed by atoms with E-state index in [1.165, 1.54) is 6.20 Å². The number of nitrogens with two attached hydrogens (primary N) is 1. The Morgan fingerprint density at radius 2 is 2.43 bits per heavy atom. The predicted octanol–water partition coefficient (Wildman–Crippen LogP) is -0.856. The van der Waals surface area contributed by atoms with E-state index in [0.717, 1.165) is 6.08 Å². The maximum Gasteiger partial charge on any atom is 0.242 e. The largest absolute Gasteiger partial charge is 0.470 e. The van der Waals surface area contributed by atoms with Gasteiger partial charge in [0.05, 0.1) is 0 Å². The number of halogens is 1. The molecule has 5 nitrogen and oxygen atoms in total. The Kier molecular flexibility index (Phi) is 3.08. The van der Waals surface area contributed by atoms with Crippen LogP contribution in [0, 0.1) is 0 Å². The first kappa shape index (κ1) is 10.5. The van der Waals surface area contributed by atoms with Gasteiger partial charge in [-0.3, -0.25) is 4.79 Å². The lowest BCUT2D eigenvalue weighted by Crippen LogP contribution is -2.36. The van der Waals surface area contributed by atoms with E-state index in [-0.39, 0.29) is 5.76 Å². The number of primary amides is 1. The number of hydrogen-bond acceptors (Lipinski definition) is 4. The quantitative estimate of drug-likeness (QED) is 0.520. The molecule has 1 rings (SSSR count). The second-order valence-corrected chi connectivity index (χ2v) is 2.80. The summed E-state index contributed by atoms with van der Waals surface area (Å²) in [5, 5.41) is 11.7. The van der Waals surface area contributed by atoms with E-state index >= 15 is 0 Å². The maximum atomic E-state index is 12.9. The summed E-state index contributed by atoms with van der Waals surface area (Å²) < 4.78 is 17.8. The van der Waals surface area contributed by atoms with Crippen LogP contribution in [0.4, 0.5) is 4.39 Å². The summed E-state index contributed by atoms with van der Waals surface area (Å²) in [6.07, 6.45) is -1.67. The smallest absolute Gasteiger partial charge is 0.242 e. The molecule has 0 spiro atoms. The topological polar surface area (TPSA) is 84.6 Å². The molecule has 6 heteroatoms.